The molecule has 58 heavy (non-hydrogen) atoms. The van der Waals surface area contributed by atoms with Gasteiger partial charge in [0.2, 0.25) is 10.0 Å². The van der Waals surface area contributed by atoms with E-state index in [9.17, 15) is 18.0 Å². The zero-order chi connectivity index (χ0) is 42.6. The molecule has 2 aliphatic rings. The fraction of sp³-hybridized carbons (Fsp3) is 0.565. The summed E-state index contributed by atoms with van der Waals surface area (Å²) in [5.74, 6) is 6.90. The standard InChI is InChI=1S/C46H62N2O8S2/c1-12-13-26-54-42(49)41-36-28-45(7,8)25-24-39(36)57-40(41)23-18-32-14-16-33(17-15-32)27-37-38(55-46(9,10)48(37)43(50)56-44(4,5)6)30-47(29-31(2)3)58(51,52)35-21-19-34(53-11)20-22-35/h14-17,19-22,31,37-38H,12-13,24-30H2,1-11H3/t37-,38+/m0/s1. The van der Waals surface area contributed by atoms with Crippen LogP contribution in [-0.2, 0) is 43.5 Å². The highest BCUT2D eigenvalue weighted by Gasteiger charge is 2.52. The number of thiophene rings is 1. The average Bonchev–Trinajstić information content (AvgIpc) is 3.61. The molecule has 5 rings (SSSR count). The Bertz CT molecular complexity index is 2090. The Balaban J connectivity index is 1.45. The van der Waals surface area contributed by atoms with Crippen LogP contribution < -0.4 is 4.74 Å². The summed E-state index contributed by atoms with van der Waals surface area (Å²) < 4.78 is 53.3. The number of benzene rings is 2. The number of rotatable bonds is 13. The Morgan fingerprint density at radius 2 is 1.71 bits per heavy atom. The van der Waals surface area contributed by atoms with Gasteiger partial charge in [-0.2, -0.15) is 4.31 Å². The summed E-state index contributed by atoms with van der Waals surface area (Å²) in [6.45, 7) is 20.2. The van der Waals surface area contributed by atoms with Crippen LogP contribution in [0.2, 0.25) is 0 Å². The third-order valence-corrected chi connectivity index (χ3v) is 13.5. The summed E-state index contributed by atoms with van der Waals surface area (Å²) in [6.07, 6.45) is 3.72. The van der Waals surface area contributed by atoms with Crippen molar-refractivity contribution in [2.24, 2.45) is 11.3 Å². The number of ether oxygens (including phenoxy) is 4. The van der Waals surface area contributed by atoms with Crippen molar-refractivity contribution in [3.8, 4) is 17.6 Å². The van der Waals surface area contributed by atoms with E-state index in [4.69, 9.17) is 18.9 Å². The smallest absolute Gasteiger partial charge is 0.412 e. The summed E-state index contributed by atoms with van der Waals surface area (Å²) in [6, 6.07) is 13.6. The highest BCUT2D eigenvalue weighted by Crippen LogP contribution is 2.42. The van der Waals surface area contributed by atoms with Crippen molar-refractivity contribution < 1.29 is 37.0 Å². The number of fused-ring (bicyclic) bond motifs is 1. The Hall–Kier alpha value is -3.89. The SMILES string of the molecule is CCCCOC(=O)c1c(C#Cc2ccc(C[C@H]3[C@@H](CN(CC(C)C)S(=O)(=O)c4ccc(OC)cc4)OC(C)(C)N3C(=O)OC(C)(C)C)cc2)sc2c1CC(C)(C)CC2. The number of amides is 1. The van der Waals surface area contributed by atoms with Crippen LogP contribution in [0.3, 0.4) is 0 Å². The number of carbonyl (C=O) groups excluding carboxylic acids is 2. The van der Waals surface area contributed by atoms with Crippen LogP contribution in [0, 0.1) is 23.2 Å². The number of unbranched alkanes of at least 4 members (excludes halogenated alkanes) is 1. The molecule has 1 fully saturated rings. The van der Waals surface area contributed by atoms with Gasteiger partial charge in [-0.25, -0.2) is 18.0 Å². The fourth-order valence-corrected chi connectivity index (χ4v) is 10.4. The van der Waals surface area contributed by atoms with Crippen LogP contribution in [-0.4, -0.2) is 80.0 Å². The zero-order valence-corrected chi connectivity index (χ0v) is 37.8. The third kappa shape index (κ3) is 11.0. The third-order valence-electron chi connectivity index (χ3n) is 10.4. The van der Waals surface area contributed by atoms with E-state index < -0.39 is 39.6 Å². The first-order valence-electron chi connectivity index (χ1n) is 20.4. The monoisotopic (exact) mass is 834 g/mol. The summed E-state index contributed by atoms with van der Waals surface area (Å²) in [4.78, 5) is 31.1. The second-order valence-corrected chi connectivity index (χ2v) is 21.1. The minimum absolute atomic E-state index is 0.0192. The van der Waals surface area contributed by atoms with Crippen molar-refractivity contribution >= 4 is 33.4 Å². The predicted molar refractivity (Wildman–Crippen MR) is 229 cm³/mol. The van der Waals surface area contributed by atoms with Gasteiger partial charge in [-0.1, -0.05) is 59.1 Å². The molecule has 316 valence electrons. The molecule has 10 nitrogen and oxygen atoms in total. The summed E-state index contributed by atoms with van der Waals surface area (Å²) >= 11 is 1.60. The van der Waals surface area contributed by atoms with Crippen molar-refractivity contribution in [3.63, 3.8) is 0 Å². The molecular formula is C46H62N2O8S2. The minimum atomic E-state index is -3.95. The number of nitrogens with zero attached hydrogens (tertiary/aromatic N) is 2. The second kappa shape index (κ2) is 18.2. The van der Waals surface area contributed by atoms with Gasteiger partial charge in [-0.05, 0) is 132 Å². The molecule has 1 saturated heterocycles. The largest absolute Gasteiger partial charge is 0.497 e. The first-order chi connectivity index (χ1) is 27.1. The van der Waals surface area contributed by atoms with E-state index in [-0.39, 0.29) is 35.3 Å². The molecule has 0 spiro atoms. The normalized spacial score (nSPS) is 18.7. The zero-order valence-electron chi connectivity index (χ0n) is 36.2. The van der Waals surface area contributed by atoms with Gasteiger partial charge in [-0.3, -0.25) is 4.90 Å². The van der Waals surface area contributed by atoms with Crippen LogP contribution in [0.5, 0.6) is 5.75 Å². The number of esters is 1. The lowest BCUT2D eigenvalue weighted by Gasteiger charge is -2.35. The molecule has 0 radical (unpaired) electrons. The Morgan fingerprint density at radius 3 is 2.31 bits per heavy atom. The van der Waals surface area contributed by atoms with Crippen molar-refractivity contribution in [2.45, 2.75) is 136 Å². The maximum absolute atomic E-state index is 14.2. The van der Waals surface area contributed by atoms with E-state index in [0.717, 1.165) is 53.7 Å². The van der Waals surface area contributed by atoms with E-state index >= 15 is 0 Å². The number of carbonyl (C=O) groups is 2. The molecule has 1 amide bonds. The predicted octanol–water partition coefficient (Wildman–Crippen LogP) is 9.26. The Kier molecular flexibility index (Phi) is 14.2. The van der Waals surface area contributed by atoms with Crippen molar-refractivity contribution in [3.05, 3.63) is 80.5 Å². The maximum Gasteiger partial charge on any atom is 0.412 e. The van der Waals surface area contributed by atoms with Gasteiger partial charge in [-0.15, -0.1) is 11.3 Å². The maximum atomic E-state index is 14.2. The summed E-state index contributed by atoms with van der Waals surface area (Å²) in [7, 11) is -2.41. The first kappa shape index (κ1) is 45.2. The molecule has 0 saturated carbocycles. The summed E-state index contributed by atoms with van der Waals surface area (Å²) in [5, 5.41) is 0. The molecule has 1 aliphatic heterocycles. The number of hydrogen-bond donors (Lipinski definition) is 0. The fourth-order valence-electron chi connectivity index (χ4n) is 7.59. The molecule has 0 bridgehead atoms. The van der Waals surface area contributed by atoms with Gasteiger partial charge in [0.25, 0.3) is 0 Å². The van der Waals surface area contributed by atoms with E-state index in [1.165, 1.54) is 16.3 Å². The van der Waals surface area contributed by atoms with Gasteiger partial charge >= 0.3 is 12.1 Å². The topological polar surface area (TPSA) is 112 Å². The molecular weight excluding hydrogens is 773 g/mol. The first-order valence-corrected chi connectivity index (χ1v) is 22.7. The highest BCUT2D eigenvalue weighted by atomic mass is 32.2. The molecule has 12 heteroatoms. The van der Waals surface area contributed by atoms with Crippen molar-refractivity contribution in [1.82, 2.24) is 9.21 Å². The number of sulfonamides is 1. The lowest BCUT2D eigenvalue weighted by molar-refractivity contribution is -0.0807. The molecule has 2 atom stereocenters. The van der Waals surface area contributed by atoms with Crippen LogP contribution >= 0.6 is 11.3 Å². The lowest BCUT2D eigenvalue weighted by Crippen LogP contribution is -2.52. The van der Waals surface area contributed by atoms with Crippen LogP contribution in [0.25, 0.3) is 0 Å². The van der Waals surface area contributed by atoms with Gasteiger partial charge in [0.05, 0.1) is 41.2 Å². The molecule has 2 heterocycles. The molecule has 1 aromatic heterocycles. The van der Waals surface area contributed by atoms with Crippen LogP contribution in [0.4, 0.5) is 4.79 Å². The Morgan fingerprint density at radius 1 is 1.03 bits per heavy atom. The molecule has 2 aromatic carbocycles. The van der Waals surface area contributed by atoms with Crippen molar-refractivity contribution in [1.29, 1.82) is 0 Å². The van der Waals surface area contributed by atoms with Crippen molar-refractivity contribution in [2.75, 3.05) is 26.8 Å². The minimum Gasteiger partial charge on any atom is -0.497 e. The number of methoxy groups -OCH3 is 1. The number of hydrogen-bond acceptors (Lipinski definition) is 9. The molecule has 0 N–H and O–H groups in total. The molecule has 3 aromatic rings. The Labute approximate surface area is 350 Å². The molecule has 1 aliphatic carbocycles. The highest BCUT2D eigenvalue weighted by molar-refractivity contribution is 7.89. The van der Waals surface area contributed by atoms with E-state index in [2.05, 4.69) is 32.6 Å². The van der Waals surface area contributed by atoms with Gasteiger partial charge in [0, 0.05) is 23.5 Å². The van der Waals surface area contributed by atoms with Crippen LogP contribution in [0.1, 0.15) is 125 Å². The van der Waals surface area contributed by atoms with Crippen LogP contribution in [0.15, 0.2) is 53.4 Å². The van der Waals surface area contributed by atoms with Gasteiger partial charge in [0.1, 0.15) is 17.1 Å². The second-order valence-electron chi connectivity index (χ2n) is 18.1. The van der Waals surface area contributed by atoms with Gasteiger partial charge in [0.15, 0.2) is 0 Å². The van der Waals surface area contributed by atoms with E-state index in [1.54, 1.807) is 40.5 Å². The lowest BCUT2D eigenvalue weighted by atomic mass is 9.76. The van der Waals surface area contributed by atoms with Gasteiger partial charge < -0.3 is 18.9 Å². The number of aryl methyl sites for hydroxylation is 1. The van der Waals surface area contributed by atoms with E-state index in [1.807, 2.05) is 72.7 Å². The average molecular weight is 835 g/mol. The molecule has 0 unspecified atom stereocenters. The van der Waals surface area contributed by atoms with E-state index in [0.29, 0.717) is 24.3 Å². The summed E-state index contributed by atoms with van der Waals surface area (Å²) in [5.41, 5.74) is 1.63. The quantitative estimate of drug-likeness (QED) is 0.0953.